The second kappa shape index (κ2) is 6.30. The van der Waals surface area contributed by atoms with E-state index in [1.807, 2.05) is 4.68 Å². The van der Waals surface area contributed by atoms with Crippen LogP contribution in [-0.4, -0.2) is 38.8 Å². The van der Waals surface area contributed by atoms with Crippen molar-refractivity contribution >= 4 is 0 Å². The third kappa shape index (κ3) is 3.44. The van der Waals surface area contributed by atoms with E-state index >= 15 is 0 Å². The Morgan fingerprint density at radius 3 is 2.90 bits per heavy atom. The first-order valence-corrected chi connectivity index (χ1v) is 7.23. The normalized spacial score (nSPS) is 19.2. The van der Waals surface area contributed by atoms with Gasteiger partial charge in [-0.1, -0.05) is 6.07 Å². The molecule has 0 aliphatic carbocycles. The van der Waals surface area contributed by atoms with Crippen LogP contribution in [-0.2, 0) is 13.0 Å². The van der Waals surface area contributed by atoms with Crippen LogP contribution >= 0.6 is 0 Å². The number of rotatable bonds is 5. The highest BCUT2D eigenvalue weighted by molar-refractivity contribution is 5.18. The highest BCUT2D eigenvalue weighted by Crippen LogP contribution is 2.19. The number of hydrogen-bond donors (Lipinski definition) is 0. The van der Waals surface area contributed by atoms with Gasteiger partial charge in [0.15, 0.2) is 11.6 Å². The number of likely N-dealkylation sites (tertiary alicyclic amines) is 1. The quantitative estimate of drug-likeness (QED) is 0.847. The maximum Gasteiger partial charge on any atom is 0.159 e. The molecule has 3 rings (SSSR count). The fourth-order valence-electron chi connectivity index (χ4n) is 2.91. The van der Waals surface area contributed by atoms with Gasteiger partial charge in [-0.3, -0.25) is 9.58 Å². The highest BCUT2D eigenvalue weighted by atomic mass is 19.2. The van der Waals surface area contributed by atoms with Gasteiger partial charge in [-0.15, -0.1) is 0 Å². The summed E-state index contributed by atoms with van der Waals surface area (Å²) in [5.74, 6) is -1.56. The topological polar surface area (TPSA) is 34.0 Å². The van der Waals surface area contributed by atoms with Crippen molar-refractivity contribution in [1.82, 2.24) is 19.7 Å². The Kier molecular flexibility index (Phi) is 4.24. The number of hydrogen-bond acceptors (Lipinski definition) is 3. The van der Waals surface area contributed by atoms with E-state index in [2.05, 4.69) is 15.0 Å². The van der Waals surface area contributed by atoms with Crippen molar-refractivity contribution in [2.24, 2.45) is 0 Å². The molecule has 21 heavy (non-hydrogen) atoms. The Hall–Kier alpha value is -1.82. The van der Waals surface area contributed by atoms with Crippen LogP contribution in [0.2, 0.25) is 0 Å². The van der Waals surface area contributed by atoms with Gasteiger partial charge in [0.2, 0.25) is 0 Å². The molecule has 1 aromatic heterocycles. The molecular weight excluding hydrogens is 274 g/mol. The molecule has 6 heteroatoms. The number of nitrogens with zero attached hydrogens (tertiary/aromatic N) is 4. The SMILES string of the molecule is Fc1ccc(CCN2CCCC2Cn2cncn2)cc1F. The lowest BCUT2D eigenvalue weighted by Gasteiger charge is -2.24. The molecule has 2 aromatic rings. The van der Waals surface area contributed by atoms with E-state index in [9.17, 15) is 8.78 Å². The average molecular weight is 292 g/mol. The maximum atomic E-state index is 13.2. The summed E-state index contributed by atoms with van der Waals surface area (Å²) in [6.45, 7) is 2.73. The zero-order valence-corrected chi connectivity index (χ0v) is 11.8. The fourth-order valence-corrected chi connectivity index (χ4v) is 2.91. The van der Waals surface area contributed by atoms with E-state index in [0.29, 0.717) is 6.04 Å². The molecule has 0 radical (unpaired) electrons. The average Bonchev–Trinajstić information content (AvgIpc) is 3.13. The van der Waals surface area contributed by atoms with Crippen LogP contribution in [0.15, 0.2) is 30.9 Å². The lowest BCUT2D eigenvalue weighted by atomic mass is 10.1. The van der Waals surface area contributed by atoms with Crippen molar-refractivity contribution in [1.29, 1.82) is 0 Å². The van der Waals surface area contributed by atoms with Crippen LogP contribution in [0.1, 0.15) is 18.4 Å². The van der Waals surface area contributed by atoms with Gasteiger partial charge in [-0.2, -0.15) is 5.10 Å². The largest absolute Gasteiger partial charge is 0.298 e. The molecule has 0 amide bonds. The zero-order chi connectivity index (χ0) is 14.7. The molecule has 1 atom stereocenters. The molecule has 1 aliphatic heterocycles. The Bertz CT molecular complexity index is 585. The number of benzene rings is 1. The van der Waals surface area contributed by atoms with Crippen molar-refractivity contribution in [3.05, 3.63) is 48.1 Å². The van der Waals surface area contributed by atoms with Crippen LogP contribution in [0.3, 0.4) is 0 Å². The molecule has 0 saturated carbocycles. The van der Waals surface area contributed by atoms with Gasteiger partial charge in [-0.05, 0) is 43.5 Å². The molecule has 1 unspecified atom stereocenters. The lowest BCUT2D eigenvalue weighted by molar-refractivity contribution is 0.229. The molecule has 0 N–H and O–H groups in total. The van der Waals surface area contributed by atoms with E-state index in [0.717, 1.165) is 44.5 Å². The van der Waals surface area contributed by atoms with E-state index in [1.54, 1.807) is 18.7 Å². The first-order chi connectivity index (χ1) is 10.2. The van der Waals surface area contributed by atoms with Crippen LogP contribution in [0, 0.1) is 11.6 Å². The minimum absolute atomic E-state index is 0.442. The zero-order valence-electron chi connectivity index (χ0n) is 11.8. The van der Waals surface area contributed by atoms with Crippen molar-refractivity contribution in [3.63, 3.8) is 0 Å². The Morgan fingerprint density at radius 2 is 2.14 bits per heavy atom. The Balaban J connectivity index is 1.57. The van der Waals surface area contributed by atoms with E-state index in [1.165, 1.54) is 12.1 Å². The van der Waals surface area contributed by atoms with Crippen LogP contribution in [0.4, 0.5) is 8.78 Å². The molecule has 1 aliphatic rings. The van der Waals surface area contributed by atoms with Crippen LogP contribution in [0.5, 0.6) is 0 Å². The monoisotopic (exact) mass is 292 g/mol. The predicted molar refractivity (Wildman–Crippen MR) is 74.7 cm³/mol. The number of halogens is 2. The molecule has 1 saturated heterocycles. The van der Waals surface area contributed by atoms with Gasteiger partial charge in [0.25, 0.3) is 0 Å². The standard InChI is InChI=1S/C15H18F2N4/c16-14-4-3-12(8-15(14)17)5-7-20-6-1-2-13(20)9-21-11-18-10-19-21/h3-4,8,10-11,13H,1-2,5-7,9H2. The summed E-state index contributed by atoms with van der Waals surface area (Å²) in [6.07, 6.45) is 6.30. The van der Waals surface area contributed by atoms with Gasteiger partial charge in [0, 0.05) is 12.6 Å². The summed E-state index contributed by atoms with van der Waals surface area (Å²) in [7, 11) is 0. The molecule has 112 valence electrons. The third-order valence-electron chi connectivity index (χ3n) is 4.04. The smallest absolute Gasteiger partial charge is 0.159 e. The second-order valence-corrected chi connectivity index (χ2v) is 5.45. The Labute approximate surface area is 122 Å². The maximum absolute atomic E-state index is 13.2. The summed E-state index contributed by atoms with van der Waals surface area (Å²) < 4.78 is 28.0. The predicted octanol–water partition coefficient (Wildman–Crippen LogP) is 2.26. The van der Waals surface area contributed by atoms with Crippen molar-refractivity contribution in [2.45, 2.75) is 31.8 Å². The van der Waals surface area contributed by atoms with Gasteiger partial charge >= 0.3 is 0 Å². The fraction of sp³-hybridized carbons (Fsp3) is 0.467. The van der Waals surface area contributed by atoms with Gasteiger partial charge in [-0.25, -0.2) is 13.8 Å². The van der Waals surface area contributed by atoms with Crippen molar-refractivity contribution in [3.8, 4) is 0 Å². The van der Waals surface area contributed by atoms with Crippen molar-refractivity contribution in [2.75, 3.05) is 13.1 Å². The molecule has 2 heterocycles. The van der Waals surface area contributed by atoms with E-state index in [-0.39, 0.29) is 0 Å². The molecule has 4 nitrogen and oxygen atoms in total. The summed E-state index contributed by atoms with van der Waals surface area (Å²) >= 11 is 0. The molecule has 1 fully saturated rings. The molecule has 0 spiro atoms. The first kappa shape index (κ1) is 14.1. The van der Waals surface area contributed by atoms with Crippen LogP contribution < -0.4 is 0 Å². The second-order valence-electron chi connectivity index (χ2n) is 5.45. The van der Waals surface area contributed by atoms with Gasteiger partial charge in [0.1, 0.15) is 12.7 Å². The highest BCUT2D eigenvalue weighted by Gasteiger charge is 2.24. The van der Waals surface area contributed by atoms with E-state index in [4.69, 9.17) is 0 Å². The number of aromatic nitrogens is 3. The van der Waals surface area contributed by atoms with Gasteiger partial charge in [0.05, 0.1) is 6.54 Å². The Morgan fingerprint density at radius 1 is 1.24 bits per heavy atom. The molecule has 0 bridgehead atoms. The summed E-state index contributed by atoms with van der Waals surface area (Å²) in [5, 5.41) is 4.14. The molecule has 1 aromatic carbocycles. The summed E-state index contributed by atoms with van der Waals surface area (Å²) in [5.41, 5.74) is 0.834. The van der Waals surface area contributed by atoms with Crippen LogP contribution in [0.25, 0.3) is 0 Å². The minimum Gasteiger partial charge on any atom is -0.298 e. The minimum atomic E-state index is -0.788. The van der Waals surface area contributed by atoms with E-state index < -0.39 is 11.6 Å². The lowest BCUT2D eigenvalue weighted by Crippen LogP contribution is -2.34. The van der Waals surface area contributed by atoms with Gasteiger partial charge < -0.3 is 0 Å². The molecular formula is C15H18F2N4. The van der Waals surface area contributed by atoms with Crippen molar-refractivity contribution < 1.29 is 8.78 Å². The summed E-state index contributed by atoms with van der Waals surface area (Å²) in [6, 6.07) is 4.58. The third-order valence-corrected chi connectivity index (χ3v) is 4.04. The summed E-state index contributed by atoms with van der Waals surface area (Å²) in [4.78, 5) is 6.35. The first-order valence-electron chi connectivity index (χ1n) is 7.23.